The molecule has 154 valence electrons. The van der Waals surface area contributed by atoms with E-state index in [0.717, 1.165) is 38.3 Å². The maximum Gasteiger partial charge on any atom is 0.276 e. The van der Waals surface area contributed by atoms with Crippen LogP contribution in [0.4, 0.5) is 0 Å². The van der Waals surface area contributed by atoms with Gasteiger partial charge in [0.05, 0.1) is 12.7 Å². The third-order valence-corrected chi connectivity index (χ3v) is 6.62. The third-order valence-electron chi connectivity index (χ3n) is 6.62. The summed E-state index contributed by atoms with van der Waals surface area (Å²) < 4.78 is 3.68. The number of hydrogen-bond acceptors (Lipinski definition) is 5. The summed E-state index contributed by atoms with van der Waals surface area (Å²) in [6, 6.07) is 5.46. The molecule has 3 aliphatic rings. The summed E-state index contributed by atoms with van der Waals surface area (Å²) in [5.74, 6) is 0.490. The van der Waals surface area contributed by atoms with Crippen molar-refractivity contribution in [3.05, 3.63) is 46.1 Å². The van der Waals surface area contributed by atoms with Gasteiger partial charge in [-0.25, -0.2) is 0 Å². The van der Waals surface area contributed by atoms with E-state index in [-0.39, 0.29) is 17.4 Å². The fourth-order valence-electron chi connectivity index (χ4n) is 5.16. The average Bonchev–Trinajstić information content (AvgIpc) is 3.22. The molecule has 2 aromatic rings. The Kier molecular flexibility index (Phi) is 4.95. The normalized spacial score (nSPS) is 24.3. The first kappa shape index (κ1) is 18.5. The van der Waals surface area contributed by atoms with Gasteiger partial charge in [0.2, 0.25) is 0 Å². The molecule has 0 N–H and O–H groups in total. The molecular weight excluding hydrogens is 368 g/mol. The van der Waals surface area contributed by atoms with E-state index in [0.29, 0.717) is 31.2 Å². The second kappa shape index (κ2) is 7.74. The minimum atomic E-state index is -0.0457. The van der Waals surface area contributed by atoms with E-state index < -0.39 is 0 Å². The standard InChI is InChI=1S/C21H28N6O2/c28-20-6-4-5-19-17-11-16(13-27(19)20)12-25(14-17)21(29)18-15-26(23-22-18)10-9-24-7-2-1-3-8-24/h4-6,15-17H,1-3,7-14H2/t16-,17-/m0/s1. The Morgan fingerprint density at radius 3 is 2.79 bits per heavy atom. The molecule has 2 atom stereocenters. The highest BCUT2D eigenvalue weighted by molar-refractivity contribution is 5.92. The number of aromatic nitrogens is 4. The smallest absolute Gasteiger partial charge is 0.276 e. The molecule has 29 heavy (non-hydrogen) atoms. The zero-order chi connectivity index (χ0) is 19.8. The lowest BCUT2D eigenvalue weighted by molar-refractivity contribution is 0.0588. The molecule has 1 amide bonds. The van der Waals surface area contributed by atoms with Crippen molar-refractivity contribution < 1.29 is 4.79 Å². The van der Waals surface area contributed by atoms with Crippen molar-refractivity contribution in [2.24, 2.45) is 5.92 Å². The van der Waals surface area contributed by atoms with E-state index in [2.05, 4.69) is 15.2 Å². The van der Waals surface area contributed by atoms with E-state index in [4.69, 9.17) is 0 Å². The van der Waals surface area contributed by atoms with Gasteiger partial charge in [-0.3, -0.25) is 14.3 Å². The van der Waals surface area contributed by atoms with Crippen LogP contribution in [0.5, 0.6) is 0 Å². The van der Waals surface area contributed by atoms with Gasteiger partial charge >= 0.3 is 0 Å². The average molecular weight is 396 g/mol. The van der Waals surface area contributed by atoms with Crippen LogP contribution in [0.3, 0.4) is 0 Å². The number of likely N-dealkylation sites (tertiary alicyclic amines) is 2. The van der Waals surface area contributed by atoms with Crippen LogP contribution in [0.15, 0.2) is 29.2 Å². The molecule has 5 heterocycles. The molecule has 0 radical (unpaired) electrons. The summed E-state index contributed by atoms with van der Waals surface area (Å²) in [6.45, 7) is 6.04. The number of nitrogens with zero attached hydrogens (tertiary/aromatic N) is 6. The molecule has 0 aromatic carbocycles. The zero-order valence-electron chi connectivity index (χ0n) is 16.7. The molecule has 0 aliphatic carbocycles. The number of carbonyl (C=O) groups is 1. The molecule has 5 rings (SSSR count). The van der Waals surface area contributed by atoms with Crippen LogP contribution < -0.4 is 5.56 Å². The Labute approximate surface area is 170 Å². The molecule has 0 saturated carbocycles. The molecule has 2 saturated heterocycles. The van der Waals surface area contributed by atoms with E-state index in [9.17, 15) is 9.59 Å². The van der Waals surface area contributed by atoms with Gasteiger partial charge in [-0.05, 0) is 44.3 Å². The zero-order valence-corrected chi connectivity index (χ0v) is 16.7. The van der Waals surface area contributed by atoms with Crippen molar-refractivity contribution in [2.45, 2.75) is 44.7 Å². The first-order chi connectivity index (χ1) is 14.2. The van der Waals surface area contributed by atoms with Crippen molar-refractivity contribution in [3.63, 3.8) is 0 Å². The highest BCUT2D eigenvalue weighted by Crippen LogP contribution is 2.35. The molecule has 2 bridgehead atoms. The second-order valence-electron chi connectivity index (χ2n) is 8.68. The largest absolute Gasteiger partial charge is 0.336 e. The lowest BCUT2D eigenvalue weighted by atomic mass is 9.83. The monoisotopic (exact) mass is 396 g/mol. The number of amides is 1. The molecule has 0 spiro atoms. The number of fused-ring (bicyclic) bond motifs is 4. The number of pyridine rings is 1. The van der Waals surface area contributed by atoms with Crippen LogP contribution in [0.2, 0.25) is 0 Å². The van der Waals surface area contributed by atoms with Crippen LogP contribution in [0.25, 0.3) is 0 Å². The fraction of sp³-hybridized carbons (Fsp3) is 0.619. The first-order valence-electron chi connectivity index (χ1n) is 10.8. The predicted molar refractivity (Wildman–Crippen MR) is 108 cm³/mol. The number of hydrogen-bond donors (Lipinski definition) is 0. The third kappa shape index (κ3) is 3.73. The number of piperidine rings is 2. The van der Waals surface area contributed by atoms with Crippen LogP contribution >= 0.6 is 0 Å². The molecule has 8 nitrogen and oxygen atoms in total. The van der Waals surface area contributed by atoms with Gasteiger partial charge in [-0.2, -0.15) is 0 Å². The summed E-state index contributed by atoms with van der Waals surface area (Å²) in [5, 5.41) is 8.34. The van der Waals surface area contributed by atoms with Crippen molar-refractivity contribution in [2.75, 3.05) is 32.7 Å². The van der Waals surface area contributed by atoms with Crippen molar-refractivity contribution in [3.8, 4) is 0 Å². The van der Waals surface area contributed by atoms with Gasteiger partial charge in [-0.1, -0.05) is 17.7 Å². The SMILES string of the molecule is O=C(c1cn(CCN2CCCCC2)nn1)N1C[C@@H]2C[C@@H](C1)c1cccc(=O)n1C2. The predicted octanol–water partition coefficient (Wildman–Crippen LogP) is 1.19. The molecule has 2 fully saturated rings. The van der Waals surface area contributed by atoms with Crippen LogP contribution in [0, 0.1) is 5.92 Å². The van der Waals surface area contributed by atoms with Crippen LogP contribution in [-0.4, -0.2) is 68.0 Å². The Hall–Kier alpha value is -2.48. The number of rotatable bonds is 4. The quantitative estimate of drug-likeness (QED) is 0.776. The van der Waals surface area contributed by atoms with Crippen molar-refractivity contribution in [1.82, 2.24) is 29.4 Å². The Balaban J connectivity index is 1.25. The Morgan fingerprint density at radius 1 is 1.07 bits per heavy atom. The first-order valence-corrected chi connectivity index (χ1v) is 10.8. The van der Waals surface area contributed by atoms with Gasteiger partial charge in [0, 0.05) is 43.9 Å². The summed E-state index contributed by atoms with van der Waals surface area (Å²) in [4.78, 5) is 29.6. The minimum Gasteiger partial charge on any atom is -0.336 e. The number of carbonyl (C=O) groups excluding carboxylic acids is 1. The maximum atomic E-state index is 13.1. The lowest BCUT2D eigenvalue weighted by Gasteiger charge is -2.42. The highest BCUT2D eigenvalue weighted by Gasteiger charge is 2.37. The molecule has 3 aliphatic heterocycles. The fourth-order valence-corrected chi connectivity index (χ4v) is 5.16. The minimum absolute atomic E-state index is 0.0457. The second-order valence-corrected chi connectivity index (χ2v) is 8.68. The summed E-state index contributed by atoms with van der Waals surface area (Å²) >= 11 is 0. The van der Waals surface area contributed by atoms with Gasteiger partial charge in [0.25, 0.3) is 11.5 Å². The van der Waals surface area contributed by atoms with Crippen LogP contribution in [-0.2, 0) is 13.1 Å². The molecular formula is C21H28N6O2. The summed E-state index contributed by atoms with van der Waals surface area (Å²) in [7, 11) is 0. The maximum absolute atomic E-state index is 13.1. The van der Waals surface area contributed by atoms with Gasteiger partial charge < -0.3 is 14.4 Å². The molecule has 2 aromatic heterocycles. The van der Waals surface area contributed by atoms with Crippen LogP contribution in [0.1, 0.15) is 47.8 Å². The molecule has 0 unspecified atom stereocenters. The van der Waals surface area contributed by atoms with Gasteiger partial charge in [0.1, 0.15) is 0 Å². The van der Waals surface area contributed by atoms with Crippen molar-refractivity contribution >= 4 is 5.91 Å². The summed E-state index contributed by atoms with van der Waals surface area (Å²) in [5.41, 5.74) is 1.54. The van der Waals surface area contributed by atoms with E-state index in [1.807, 2.05) is 21.6 Å². The summed E-state index contributed by atoms with van der Waals surface area (Å²) in [6.07, 6.45) is 6.70. The Morgan fingerprint density at radius 2 is 1.93 bits per heavy atom. The molecule has 8 heteroatoms. The van der Waals surface area contributed by atoms with Gasteiger partial charge in [0.15, 0.2) is 5.69 Å². The lowest BCUT2D eigenvalue weighted by Crippen LogP contribution is -2.49. The van der Waals surface area contributed by atoms with Gasteiger partial charge in [-0.15, -0.1) is 5.10 Å². The highest BCUT2D eigenvalue weighted by atomic mass is 16.2. The van der Waals surface area contributed by atoms with Crippen molar-refractivity contribution in [1.29, 1.82) is 0 Å². The topological polar surface area (TPSA) is 76.3 Å². The van der Waals surface area contributed by atoms with E-state index in [1.54, 1.807) is 16.9 Å². The van der Waals surface area contributed by atoms with E-state index in [1.165, 1.54) is 19.3 Å². The Bertz CT molecular complexity index is 945. The van der Waals surface area contributed by atoms with E-state index >= 15 is 0 Å².